The van der Waals surface area contributed by atoms with Gasteiger partial charge in [0.2, 0.25) is 11.5 Å². The number of ether oxygens (including phenoxy) is 1. The van der Waals surface area contributed by atoms with Crippen molar-refractivity contribution in [3.05, 3.63) is 65.0 Å². The van der Waals surface area contributed by atoms with E-state index in [9.17, 15) is 36.7 Å². The summed E-state index contributed by atoms with van der Waals surface area (Å²) in [6.07, 6.45) is -5.87. The lowest BCUT2D eigenvalue weighted by molar-refractivity contribution is -0.186. The fraction of sp³-hybridized carbons (Fsp3) is 0.385. The molecule has 1 spiro atoms. The van der Waals surface area contributed by atoms with Gasteiger partial charge in [-0.1, -0.05) is 18.2 Å². The highest BCUT2D eigenvalue weighted by Gasteiger charge is 2.59. The summed E-state index contributed by atoms with van der Waals surface area (Å²) in [5.74, 6) is -2.49. The van der Waals surface area contributed by atoms with Gasteiger partial charge in [-0.2, -0.15) is 13.2 Å². The van der Waals surface area contributed by atoms with Crippen LogP contribution in [0.2, 0.25) is 0 Å². The SMILES string of the molecule is CNC(=O)Nc1ccc2c(c1)CC[C@@]21OC(=O)N(CC(=O)N2C(C(F)(F)F)CC[C@H]2c2ccc(F)cc2)C1=O. The van der Waals surface area contributed by atoms with E-state index in [0.717, 1.165) is 12.1 Å². The highest BCUT2D eigenvalue weighted by molar-refractivity contribution is 6.06. The average molecular weight is 548 g/mol. The van der Waals surface area contributed by atoms with Gasteiger partial charge in [-0.15, -0.1) is 0 Å². The summed E-state index contributed by atoms with van der Waals surface area (Å²) < 4.78 is 60.5. The molecule has 206 valence electrons. The van der Waals surface area contributed by atoms with E-state index in [4.69, 9.17) is 4.74 Å². The Morgan fingerprint density at radius 3 is 2.49 bits per heavy atom. The van der Waals surface area contributed by atoms with Crippen LogP contribution in [-0.2, 0) is 26.3 Å². The Kier molecular flexibility index (Phi) is 6.47. The van der Waals surface area contributed by atoms with Crippen molar-refractivity contribution in [1.29, 1.82) is 0 Å². The van der Waals surface area contributed by atoms with Crippen molar-refractivity contribution in [1.82, 2.24) is 15.1 Å². The number of amides is 5. The van der Waals surface area contributed by atoms with E-state index in [1.807, 2.05) is 0 Å². The monoisotopic (exact) mass is 548 g/mol. The zero-order valence-electron chi connectivity index (χ0n) is 20.7. The predicted octanol–water partition coefficient (Wildman–Crippen LogP) is 3.99. The van der Waals surface area contributed by atoms with E-state index in [2.05, 4.69) is 10.6 Å². The van der Waals surface area contributed by atoms with E-state index in [1.165, 1.54) is 31.3 Å². The molecule has 2 aromatic carbocycles. The van der Waals surface area contributed by atoms with Gasteiger partial charge in [0, 0.05) is 24.7 Å². The summed E-state index contributed by atoms with van der Waals surface area (Å²) in [5, 5.41) is 5.02. The van der Waals surface area contributed by atoms with Crippen LogP contribution in [0.3, 0.4) is 0 Å². The molecule has 2 aromatic rings. The maximum Gasteiger partial charge on any atom is 0.418 e. The zero-order chi connectivity index (χ0) is 28.1. The number of hydrogen-bond donors (Lipinski definition) is 2. The number of rotatable bonds is 4. The molecule has 0 aromatic heterocycles. The third-order valence-corrected chi connectivity index (χ3v) is 7.44. The number of anilines is 1. The number of likely N-dealkylation sites (tertiary alicyclic amines) is 1. The molecule has 1 aliphatic carbocycles. The van der Waals surface area contributed by atoms with Gasteiger partial charge in [0.25, 0.3) is 5.91 Å². The summed E-state index contributed by atoms with van der Waals surface area (Å²) in [4.78, 5) is 52.4. The molecule has 2 saturated heterocycles. The minimum absolute atomic E-state index is 0.0241. The quantitative estimate of drug-likeness (QED) is 0.562. The number of nitrogens with one attached hydrogen (secondary N) is 2. The normalized spacial score (nSPS) is 24.2. The Hall–Kier alpha value is -4.16. The van der Waals surface area contributed by atoms with Gasteiger partial charge >= 0.3 is 18.3 Å². The maximum atomic E-state index is 13.9. The van der Waals surface area contributed by atoms with E-state index in [0.29, 0.717) is 38.6 Å². The molecule has 5 rings (SSSR count). The van der Waals surface area contributed by atoms with Gasteiger partial charge in [-0.25, -0.2) is 18.9 Å². The van der Waals surface area contributed by atoms with Gasteiger partial charge in [-0.05, 0) is 54.7 Å². The van der Waals surface area contributed by atoms with Crippen molar-refractivity contribution >= 4 is 29.6 Å². The molecule has 3 aliphatic rings. The first kappa shape index (κ1) is 26.4. The first-order valence-electron chi connectivity index (χ1n) is 12.2. The van der Waals surface area contributed by atoms with E-state index in [1.54, 1.807) is 6.07 Å². The highest BCUT2D eigenvalue weighted by Crippen LogP contribution is 2.47. The van der Waals surface area contributed by atoms with Gasteiger partial charge in [-0.3, -0.25) is 9.59 Å². The van der Waals surface area contributed by atoms with Crippen LogP contribution in [0.4, 0.5) is 32.8 Å². The number of halogens is 4. The van der Waals surface area contributed by atoms with Gasteiger partial charge < -0.3 is 20.3 Å². The number of imide groups is 1. The van der Waals surface area contributed by atoms with Crippen LogP contribution in [0.5, 0.6) is 0 Å². The number of carbonyl (C=O) groups is 4. The van der Waals surface area contributed by atoms with Gasteiger partial charge in [0.05, 0.1) is 6.04 Å². The first-order chi connectivity index (χ1) is 18.4. The van der Waals surface area contributed by atoms with E-state index in [-0.39, 0.29) is 19.3 Å². The number of nitrogens with zero attached hydrogens (tertiary/aromatic N) is 2. The molecular weight excluding hydrogens is 524 g/mol. The summed E-state index contributed by atoms with van der Waals surface area (Å²) in [5.41, 5.74) is 0.0912. The van der Waals surface area contributed by atoms with E-state index < -0.39 is 60.2 Å². The fourth-order valence-corrected chi connectivity index (χ4v) is 5.63. The molecular formula is C26H24F4N4O5. The average Bonchev–Trinajstić information content (AvgIpc) is 3.56. The second-order valence-corrected chi connectivity index (χ2v) is 9.67. The minimum atomic E-state index is -4.74. The van der Waals surface area contributed by atoms with E-state index >= 15 is 0 Å². The molecule has 1 unspecified atom stereocenters. The van der Waals surface area contributed by atoms with Crippen LogP contribution < -0.4 is 10.6 Å². The van der Waals surface area contributed by atoms with Crippen LogP contribution in [0.25, 0.3) is 0 Å². The van der Waals surface area contributed by atoms with Crippen molar-refractivity contribution in [2.45, 2.75) is 49.5 Å². The standard InChI is InChI=1S/C26H24F4N4O5/c1-31-23(37)32-17-6-7-18-15(12-17)10-11-25(18)22(36)33(24(38)39-25)13-21(35)34-19(8-9-20(34)26(28,29)30)14-2-4-16(27)5-3-14/h2-7,12,19-20H,8-11,13H2,1H3,(H2,31,32,37)/t19-,20?,25+/m0/s1. The topological polar surface area (TPSA) is 108 Å². The molecule has 13 heteroatoms. The molecule has 0 saturated carbocycles. The van der Waals surface area contributed by atoms with Crippen LogP contribution in [0.1, 0.15) is 42.0 Å². The number of benzene rings is 2. The molecule has 5 amide bonds. The summed E-state index contributed by atoms with van der Waals surface area (Å²) >= 11 is 0. The van der Waals surface area contributed by atoms with Gasteiger partial charge in [0.1, 0.15) is 18.4 Å². The first-order valence-corrected chi connectivity index (χ1v) is 12.2. The molecule has 2 N–H and O–H groups in total. The second kappa shape index (κ2) is 9.54. The van der Waals surface area contributed by atoms with Crippen molar-refractivity contribution in [2.75, 3.05) is 18.9 Å². The lowest BCUT2D eigenvalue weighted by Crippen LogP contribution is -2.50. The van der Waals surface area contributed by atoms with Crippen LogP contribution in [0, 0.1) is 5.82 Å². The minimum Gasteiger partial charge on any atom is -0.427 e. The van der Waals surface area contributed by atoms with Crippen molar-refractivity contribution in [3.8, 4) is 0 Å². The van der Waals surface area contributed by atoms with Crippen LogP contribution in [-0.4, -0.2) is 59.5 Å². The smallest absolute Gasteiger partial charge is 0.418 e. The number of hydrogen-bond acceptors (Lipinski definition) is 5. The second-order valence-electron chi connectivity index (χ2n) is 9.67. The number of carbonyl (C=O) groups excluding carboxylic acids is 4. The molecule has 2 aliphatic heterocycles. The molecule has 2 fully saturated rings. The molecule has 3 atom stereocenters. The fourth-order valence-electron chi connectivity index (χ4n) is 5.63. The Bertz CT molecular complexity index is 1350. The lowest BCUT2D eigenvalue weighted by Gasteiger charge is -2.32. The third kappa shape index (κ3) is 4.55. The number of urea groups is 1. The number of aryl methyl sites for hydroxylation is 1. The lowest BCUT2D eigenvalue weighted by atomic mass is 9.94. The Balaban J connectivity index is 1.39. The highest BCUT2D eigenvalue weighted by atomic mass is 19.4. The summed E-state index contributed by atoms with van der Waals surface area (Å²) in [6, 6.07) is 5.93. The van der Waals surface area contributed by atoms with Crippen molar-refractivity contribution < 1.29 is 41.5 Å². The molecule has 0 radical (unpaired) electrons. The summed E-state index contributed by atoms with van der Waals surface area (Å²) in [7, 11) is 1.45. The molecule has 39 heavy (non-hydrogen) atoms. The molecule has 2 heterocycles. The zero-order valence-corrected chi connectivity index (χ0v) is 20.7. The number of fused-ring (bicyclic) bond motifs is 2. The third-order valence-electron chi connectivity index (χ3n) is 7.44. The molecule has 0 bridgehead atoms. The van der Waals surface area contributed by atoms with Crippen molar-refractivity contribution in [3.63, 3.8) is 0 Å². The maximum absolute atomic E-state index is 13.9. The Labute approximate surface area is 220 Å². The Morgan fingerprint density at radius 2 is 1.82 bits per heavy atom. The number of alkyl halides is 3. The predicted molar refractivity (Wildman–Crippen MR) is 128 cm³/mol. The van der Waals surface area contributed by atoms with Crippen molar-refractivity contribution in [2.24, 2.45) is 0 Å². The van der Waals surface area contributed by atoms with Crippen LogP contribution in [0.15, 0.2) is 42.5 Å². The Morgan fingerprint density at radius 1 is 1.10 bits per heavy atom. The van der Waals surface area contributed by atoms with Crippen LogP contribution >= 0.6 is 0 Å². The van der Waals surface area contributed by atoms with Gasteiger partial charge in [0.15, 0.2) is 0 Å². The largest absolute Gasteiger partial charge is 0.427 e. The summed E-state index contributed by atoms with van der Waals surface area (Å²) in [6.45, 7) is -0.935. The molecule has 9 nitrogen and oxygen atoms in total.